The van der Waals surface area contributed by atoms with Crippen LogP contribution in [-0.4, -0.2) is 18.4 Å². The van der Waals surface area contributed by atoms with E-state index in [9.17, 15) is 4.79 Å². The van der Waals surface area contributed by atoms with Gasteiger partial charge >= 0.3 is 0 Å². The van der Waals surface area contributed by atoms with Gasteiger partial charge in [-0.15, -0.1) is 0 Å². The smallest absolute Gasteiger partial charge is 0.262 e. The van der Waals surface area contributed by atoms with Crippen LogP contribution in [0.1, 0.15) is 27.9 Å². The molecule has 6 rings (SSSR count). The molecule has 0 saturated carbocycles. The summed E-state index contributed by atoms with van der Waals surface area (Å²) in [6.07, 6.45) is 2.50. The number of benzene rings is 3. The number of hydrogen-bond acceptors (Lipinski definition) is 4. The Labute approximate surface area is 168 Å². The fourth-order valence-corrected chi connectivity index (χ4v) is 4.81. The third kappa shape index (κ3) is 2.43. The first kappa shape index (κ1) is 16.5. The van der Waals surface area contributed by atoms with Crippen LogP contribution in [0.25, 0.3) is 0 Å². The van der Waals surface area contributed by atoms with Crippen LogP contribution in [0.4, 0.5) is 11.4 Å². The van der Waals surface area contributed by atoms with E-state index < -0.39 is 5.66 Å². The Balaban J connectivity index is 1.52. The van der Waals surface area contributed by atoms with Gasteiger partial charge in [0, 0.05) is 18.2 Å². The molecule has 0 unspecified atom stereocenters. The highest BCUT2D eigenvalue weighted by molar-refractivity contribution is 6.13. The zero-order chi connectivity index (χ0) is 19.4. The Kier molecular flexibility index (Phi) is 3.42. The molecule has 29 heavy (non-hydrogen) atoms. The molecule has 0 saturated heterocycles. The van der Waals surface area contributed by atoms with Crippen LogP contribution in [0.3, 0.4) is 0 Å². The number of amides is 1. The number of para-hydroxylation sites is 1. The second-order valence-electron chi connectivity index (χ2n) is 7.83. The first-order valence-corrected chi connectivity index (χ1v) is 9.92. The number of carbonyl (C=O) groups is 1. The first-order chi connectivity index (χ1) is 14.2. The number of nitrogens with zero attached hydrogens (tertiary/aromatic N) is 1. The highest BCUT2D eigenvalue weighted by Crippen LogP contribution is 2.44. The summed E-state index contributed by atoms with van der Waals surface area (Å²) in [5.41, 5.74) is 4.53. The molecule has 5 heteroatoms. The number of rotatable bonds is 1. The zero-order valence-electron chi connectivity index (χ0n) is 15.9. The van der Waals surface area contributed by atoms with Crippen molar-refractivity contribution in [3.05, 3.63) is 83.4 Å². The van der Waals surface area contributed by atoms with E-state index in [0.29, 0.717) is 11.3 Å². The van der Waals surface area contributed by atoms with E-state index in [1.165, 1.54) is 11.1 Å². The topological polar surface area (TPSA) is 50.8 Å². The summed E-state index contributed by atoms with van der Waals surface area (Å²) in [6, 6.07) is 22.0. The Hall–Kier alpha value is -3.47. The van der Waals surface area contributed by atoms with Gasteiger partial charge in [0.05, 0.1) is 11.3 Å². The fourth-order valence-electron chi connectivity index (χ4n) is 4.81. The third-order valence-electron chi connectivity index (χ3n) is 6.18. The summed E-state index contributed by atoms with van der Waals surface area (Å²) in [4.78, 5) is 15.6. The van der Waals surface area contributed by atoms with Crippen molar-refractivity contribution in [2.75, 3.05) is 17.0 Å². The van der Waals surface area contributed by atoms with Crippen LogP contribution in [0.15, 0.2) is 66.7 Å². The minimum absolute atomic E-state index is 0.0117. The van der Waals surface area contributed by atoms with Crippen LogP contribution < -0.4 is 19.7 Å². The molecule has 3 aromatic carbocycles. The van der Waals surface area contributed by atoms with Gasteiger partial charge in [-0.05, 0) is 48.2 Å². The highest BCUT2D eigenvalue weighted by Gasteiger charge is 2.47. The van der Waals surface area contributed by atoms with E-state index in [2.05, 4.69) is 29.6 Å². The Morgan fingerprint density at radius 1 is 0.897 bits per heavy atom. The van der Waals surface area contributed by atoms with Crippen LogP contribution in [-0.2, 0) is 12.8 Å². The van der Waals surface area contributed by atoms with Crippen LogP contribution in [0, 0.1) is 0 Å². The first-order valence-electron chi connectivity index (χ1n) is 9.92. The van der Waals surface area contributed by atoms with E-state index in [0.717, 1.165) is 36.4 Å². The van der Waals surface area contributed by atoms with Gasteiger partial charge < -0.3 is 14.8 Å². The molecular weight excluding hydrogens is 364 g/mol. The van der Waals surface area contributed by atoms with E-state index in [4.69, 9.17) is 9.47 Å². The molecule has 2 aliphatic heterocycles. The van der Waals surface area contributed by atoms with Crippen molar-refractivity contribution in [2.24, 2.45) is 0 Å². The lowest BCUT2D eigenvalue weighted by Gasteiger charge is -2.50. The molecule has 1 N–H and O–H groups in total. The Bertz CT molecular complexity index is 1140. The fraction of sp³-hybridized carbons (Fsp3) is 0.208. The number of carbonyl (C=O) groups excluding carboxylic acids is 1. The number of anilines is 2. The predicted octanol–water partition coefficient (Wildman–Crippen LogP) is 4.37. The van der Waals surface area contributed by atoms with Crippen molar-refractivity contribution in [3.8, 4) is 11.5 Å². The average molecular weight is 384 g/mol. The number of fused-ring (bicyclic) bond motifs is 3. The molecule has 0 radical (unpaired) electrons. The number of nitrogens with one attached hydrogen (secondary N) is 1. The van der Waals surface area contributed by atoms with Gasteiger partial charge in [-0.2, -0.15) is 0 Å². The van der Waals surface area contributed by atoms with Crippen molar-refractivity contribution in [2.45, 2.75) is 24.9 Å². The highest BCUT2D eigenvalue weighted by atomic mass is 16.7. The lowest BCUT2D eigenvalue weighted by atomic mass is 9.80. The summed E-state index contributed by atoms with van der Waals surface area (Å²) in [5, 5.41) is 3.73. The number of hydrogen-bond donors (Lipinski definition) is 1. The lowest BCUT2D eigenvalue weighted by Crippen LogP contribution is -2.63. The molecule has 0 fully saturated rings. The van der Waals surface area contributed by atoms with Crippen molar-refractivity contribution >= 4 is 17.3 Å². The lowest BCUT2D eigenvalue weighted by molar-refractivity contribution is 0.0948. The maximum Gasteiger partial charge on any atom is 0.262 e. The van der Waals surface area contributed by atoms with E-state index in [1.54, 1.807) is 0 Å². The Morgan fingerprint density at radius 3 is 2.62 bits per heavy atom. The molecule has 144 valence electrons. The maximum absolute atomic E-state index is 13.7. The molecule has 1 aliphatic carbocycles. The SMILES string of the molecule is O=C1c2ccccc2N[C@]2(CCc3ccccc3C2)N1c1ccc2c(c1)OCO2. The van der Waals surface area contributed by atoms with Crippen molar-refractivity contribution < 1.29 is 14.3 Å². The van der Waals surface area contributed by atoms with Crippen molar-refractivity contribution in [1.29, 1.82) is 0 Å². The maximum atomic E-state index is 13.7. The largest absolute Gasteiger partial charge is 0.454 e. The monoisotopic (exact) mass is 384 g/mol. The summed E-state index contributed by atoms with van der Waals surface area (Å²) in [5.74, 6) is 1.41. The molecule has 2 heterocycles. The summed E-state index contributed by atoms with van der Waals surface area (Å²) in [6.45, 7) is 0.215. The molecule has 3 aliphatic rings. The van der Waals surface area contributed by atoms with Crippen molar-refractivity contribution in [3.63, 3.8) is 0 Å². The molecule has 5 nitrogen and oxygen atoms in total. The van der Waals surface area contributed by atoms with Gasteiger partial charge in [0.2, 0.25) is 6.79 Å². The molecule has 1 atom stereocenters. The van der Waals surface area contributed by atoms with Crippen LogP contribution >= 0.6 is 0 Å². The van der Waals surface area contributed by atoms with E-state index in [-0.39, 0.29) is 12.7 Å². The third-order valence-corrected chi connectivity index (χ3v) is 6.18. The standard InChI is InChI=1S/C24H20N2O3/c27-23-19-7-3-4-8-20(19)25-24(12-11-16-5-1-2-6-17(16)14-24)26(23)18-9-10-21-22(13-18)29-15-28-21/h1-10,13,25H,11-12,14-15H2/t24-/m1/s1. The molecule has 0 aromatic heterocycles. The van der Waals surface area contributed by atoms with E-state index >= 15 is 0 Å². The minimum atomic E-state index is -0.520. The second kappa shape index (κ2) is 6.01. The van der Waals surface area contributed by atoms with Crippen LogP contribution in [0.2, 0.25) is 0 Å². The van der Waals surface area contributed by atoms with Gasteiger partial charge in [0.1, 0.15) is 5.66 Å². The predicted molar refractivity (Wildman–Crippen MR) is 111 cm³/mol. The number of ether oxygens (including phenoxy) is 2. The van der Waals surface area contributed by atoms with Crippen molar-refractivity contribution in [1.82, 2.24) is 0 Å². The van der Waals surface area contributed by atoms with Gasteiger partial charge in [-0.1, -0.05) is 36.4 Å². The summed E-state index contributed by atoms with van der Waals surface area (Å²) >= 11 is 0. The molecule has 0 bridgehead atoms. The Morgan fingerprint density at radius 2 is 1.69 bits per heavy atom. The molecule has 1 amide bonds. The minimum Gasteiger partial charge on any atom is -0.454 e. The second-order valence-corrected chi connectivity index (χ2v) is 7.83. The summed E-state index contributed by atoms with van der Waals surface area (Å²) < 4.78 is 11.1. The molecule has 1 spiro atoms. The zero-order valence-corrected chi connectivity index (χ0v) is 15.9. The molecule has 3 aromatic rings. The van der Waals surface area contributed by atoms with E-state index in [1.807, 2.05) is 47.4 Å². The average Bonchev–Trinajstić information content (AvgIpc) is 3.22. The van der Waals surface area contributed by atoms with Gasteiger partial charge in [0.15, 0.2) is 11.5 Å². The summed E-state index contributed by atoms with van der Waals surface area (Å²) in [7, 11) is 0. The van der Waals surface area contributed by atoms with Gasteiger partial charge in [0.25, 0.3) is 5.91 Å². The normalized spacial score (nSPS) is 21.5. The van der Waals surface area contributed by atoms with Gasteiger partial charge in [-0.3, -0.25) is 9.69 Å². The quantitative estimate of drug-likeness (QED) is 0.677. The van der Waals surface area contributed by atoms with Crippen LogP contribution in [0.5, 0.6) is 11.5 Å². The molecular formula is C24H20N2O3. The van der Waals surface area contributed by atoms with Gasteiger partial charge in [-0.25, -0.2) is 0 Å². The number of aryl methyl sites for hydroxylation is 1.